The highest BCUT2D eigenvalue weighted by molar-refractivity contribution is 8.00. The molecule has 0 radical (unpaired) electrons. The van der Waals surface area contributed by atoms with Gasteiger partial charge in [-0.2, -0.15) is 11.8 Å². The zero-order valence-corrected chi connectivity index (χ0v) is 12.2. The van der Waals surface area contributed by atoms with E-state index in [1.54, 1.807) is 0 Å². The van der Waals surface area contributed by atoms with Crippen molar-refractivity contribution in [2.45, 2.75) is 62.9 Å². The number of hydrogen-bond donors (Lipinski definition) is 1. The monoisotopic (exact) mass is 256 g/mol. The van der Waals surface area contributed by atoms with E-state index in [0.29, 0.717) is 10.7 Å². The molecule has 1 aliphatic heterocycles. The normalized spacial score (nSPS) is 35.4. The van der Waals surface area contributed by atoms with Crippen molar-refractivity contribution in [3.63, 3.8) is 0 Å². The first-order valence-corrected chi connectivity index (χ1v) is 7.86. The van der Waals surface area contributed by atoms with E-state index in [2.05, 4.69) is 30.3 Å². The highest BCUT2D eigenvalue weighted by Gasteiger charge is 2.51. The van der Waals surface area contributed by atoms with Gasteiger partial charge in [0, 0.05) is 11.3 Å². The first-order valence-electron chi connectivity index (χ1n) is 6.64. The van der Waals surface area contributed by atoms with Crippen LogP contribution in [-0.4, -0.2) is 40.1 Å². The Labute approximate surface area is 109 Å². The smallest absolute Gasteiger partial charge is 0.243 e. The fourth-order valence-corrected chi connectivity index (χ4v) is 3.38. The third-order valence-electron chi connectivity index (χ3n) is 4.39. The summed E-state index contributed by atoms with van der Waals surface area (Å²) in [5, 5.41) is 3.51. The molecule has 1 saturated carbocycles. The van der Waals surface area contributed by atoms with E-state index in [1.807, 2.05) is 18.7 Å². The summed E-state index contributed by atoms with van der Waals surface area (Å²) in [4.78, 5) is 14.6. The second kappa shape index (κ2) is 4.47. The van der Waals surface area contributed by atoms with E-state index in [1.165, 1.54) is 12.8 Å². The fourth-order valence-electron chi connectivity index (χ4n) is 2.60. The third-order valence-corrected chi connectivity index (χ3v) is 5.79. The molecule has 0 aromatic heterocycles. The van der Waals surface area contributed by atoms with Gasteiger partial charge in [0.05, 0.1) is 11.7 Å². The zero-order valence-electron chi connectivity index (χ0n) is 11.4. The van der Waals surface area contributed by atoms with Crippen LogP contribution in [0, 0.1) is 0 Å². The Kier molecular flexibility index (Phi) is 3.47. The number of amides is 1. The Morgan fingerprint density at radius 2 is 2.12 bits per heavy atom. The number of carbonyl (C=O) groups excluding carboxylic acids is 1. The molecule has 2 fully saturated rings. The third kappa shape index (κ3) is 2.22. The molecule has 98 valence electrons. The Balaban J connectivity index is 2.12. The van der Waals surface area contributed by atoms with Gasteiger partial charge in [-0.05, 0) is 38.9 Å². The highest BCUT2D eigenvalue weighted by Crippen LogP contribution is 2.48. The molecule has 0 bridgehead atoms. The Morgan fingerprint density at radius 3 is 2.53 bits per heavy atom. The SMILES string of the molecule is CCC1NC(C)(CC)C(=O)N1CC1(SC)CC1. The maximum absolute atomic E-state index is 12.5. The van der Waals surface area contributed by atoms with Crippen LogP contribution < -0.4 is 5.32 Å². The molecule has 2 rings (SSSR count). The Bertz CT molecular complexity index is 317. The maximum Gasteiger partial charge on any atom is 0.243 e. The lowest BCUT2D eigenvalue weighted by molar-refractivity contribution is -0.133. The van der Waals surface area contributed by atoms with Crippen molar-refractivity contribution in [3.05, 3.63) is 0 Å². The van der Waals surface area contributed by atoms with Crippen LogP contribution in [0.1, 0.15) is 46.5 Å². The second-order valence-electron chi connectivity index (χ2n) is 5.57. The van der Waals surface area contributed by atoms with Gasteiger partial charge in [0.2, 0.25) is 5.91 Å². The topological polar surface area (TPSA) is 32.3 Å². The first-order chi connectivity index (χ1) is 8.00. The standard InChI is InChI=1S/C13H24N2OS/c1-5-10-14-12(3,6-2)11(16)15(10)9-13(17-4)7-8-13/h10,14H,5-9H2,1-4H3. The van der Waals surface area contributed by atoms with Crippen molar-refractivity contribution in [1.82, 2.24) is 10.2 Å². The van der Waals surface area contributed by atoms with Crippen LogP contribution in [0.3, 0.4) is 0 Å². The van der Waals surface area contributed by atoms with E-state index in [9.17, 15) is 4.79 Å². The minimum absolute atomic E-state index is 0.233. The predicted molar refractivity (Wildman–Crippen MR) is 73.1 cm³/mol. The van der Waals surface area contributed by atoms with Crippen molar-refractivity contribution in [2.24, 2.45) is 0 Å². The second-order valence-corrected chi connectivity index (χ2v) is 6.85. The number of nitrogens with one attached hydrogen (secondary N) is 1. The van der Waals surface area contributed by atoms with Crippen LogP contribution in [0.2, 0.25) is 0 Å². The van der Waals surface area contributed by atoms with Crippen LogP contribution >= 0.6 is 11.8 Å². The lowest BCUT2D eigenvalue weighted by atomic mass is 9.99. The first kappa shape index (κ1) is 13.2. The minimum atomic E-state index is -0.338. The van der Waals surface area contributed by atoms with E-state index in [4.69, 9.17) is 0 Å². The van der Waals surface area contributed by atoms with E-state index in [-0.39, 0.29) is 11.7 Å². The van der Waals surface area contributed by atoms with E-state index in [0.717, 1.165) is 19.4 Å². The molecule has 1 N–H and O–H groups in total. The van der Waals surface area contributed by atoms with Crippen molar-refractivity contribution in [2.75, 3.05) is 12.8 Å². The largest absolute Gasteiger partial charge is 0.324 e. The Morgan fingerprint density at radius 1 is 1.47 bits per heavy atom. The summed E-state index contributed by atoms with van der Waals surface area (Å²) in [5.41, 5.74) is -0.338. The van der Waals surface area contributed by atoms with Crippen LogP contribution in [-0.2, 0) is 4.79 Å². The molecule has 1 saturated heterocycles. The minimum Gasteiger partial charge on any atom is -0.324 e. The summed E-state index contributed by atoms with van der Waals surface area (Å²) in [6.45, 7) is 7.20. The molecule has 3 nitrogen and oxygen atoms in total. The van der Waals surface area contributed by atoms with Crippen LogP contribution in [0.5, 0.6) is 0 Å². The van der Waals surface area contributed by atoms with Gasteiger partial charge < -0.3 is 4.90 Å². The average Bonchev–Trinajstić information content (AvgIpc) is 3.08. The van der Waals surface area contributed by atoms with Crippen LogP contribution in [0.4, 0.5) is 0 Å². The quantitative estimate of drug-likeness (QED) is 0.818. The molecule has 0 aromatic carbocycles. The molecule has 4 heteroatoms. The molecule has 17 heavy (non-hydrogen) atoms. The molecule has 2 atom stereocenters. The summed E-state index contributed by atoms with van der Waals surface area (Å²) in [6.07, 6.45) is 6.78. The number of nitrogens with zero attached hydrogens (tertiary/aromatic N) is 1. The molecule has 2 unspecified atom stereocenters. The molecule has 0 spiro atoms. The van der Waals surface area contributed by atoms with Crippen molar-refractivity contribution >= 4 is 17.7 Å². The van der Waals surface area contributed by atoms with Gasteiger partial charge in [-0.3, -0.25) is 10.1 Å². The van der Waals surface area contributed by atoms with Crippen molar-refractivity contribution in [1.29, 1.82) is 0 Å². The molecule has 0 aromatic rings. The van der Waals surface area contributed by atoms with Gasteiger partial charge in [0.25, 0.3) is 0 Å². The summed E-state index contributed by atoms with van der Waals surface area (Å²) < 4.78 is 0.365. The van der Waals surface area contributed by atoms with Gasteiger partial charge in [0.1, 0.15) is 0 Å². The van der Waals surface area contributed by atoms with Crippen molar-refractivity contribution < 1.29 is 4.79 Å². The summed E-state index contributed by atoms with van der Waals surface area (Å²) >= 11 is 1.93. The fraction of sp³-hybridized carbons (Fsp3) is 0.923. The predicted octanol–water partition coefficient (Wildman–Crippen LogP) is 2.22. The highest BCUT2D eigenvalue weighted by atomic mass is 32.2. The maximum atomic E-state index is 12.5. The summed E-state index contributed by atoms with van der Waals surface area (Å²) in [7, 11) is 0. The van der Waals surface area contributed by atoms with E-state index < -0.39 is 0 Å². The average molecular weight is 256 g/mol. The van der Waals surface area contributed by atoms with Gasteiger partial charge in [-0.1, -0.05) is 13.8 Å². The number of thioether (sulfide) groups is 1. The van der Waals surface area contributed by atoms with Crippen LogP contribution in [0.15, 0.2) is 0 Å². The lowest BCUT2D eigenvalue weighted by Gasteiger charge is -2.27. The van der Waals surface area contributed by atoms with Crippen molar-refractivity contribution in [3.8, 4) is 0 Å². The van der Waals surface area contributed by atoms with Crippen LogP contribution in [0.25, 0.3) is 0 Å². The molecule has 1 heterocycles. The molecule has 2 aliphatic rings. The molecular formula is C13H24N2OS. The lowest BCUT2D eigenvalue weighted by Crippen LogP contribution is -2.43. The van der Waals surface area contributed by atoms with Gasteiger partial charge >= 0.3 is 0 Å². The zero-order chi connectivity index (χ0) is 12.7. The summed E-state index contributed by atoms with van der Waals surface area (Å²) in [5.74, 6) is 0.298. The van der Waals surface area contributed by atoms with Gasteiger partial charge in [0.15, 0.2) is 0 Å². The molecule has 1 amide bonds. The van der Waals surface area contributed by atoms with Gasteiger partial charge in [-0.15, -0.1) is 0 Å². The summed E-state index contributed by atoms with van der Waals surface area (Å²) in [6, 6.07) is 0. The number of carbonyl (C=O) groups is 1. The molecule has 1 aliphatic carbocycles. The van der Waals surface area contributed by atoms with E-state index >= 15 is 0 Å². The number of rotatable bonds is 5. The Hall–Kier alpha value is -0.220. The number of hydrogen-bond acceptors (Lipinski definition) is 3. The van der Waals surface area contributed by atoms with Gasteiger partial charge in [-0.25, -0.2) is 0 Å². The molecular weight excluding hydrogens is 232 g/mol.